The number of allylic oxidation sites excluding steroid dienone is 1. The molecule has 1 aliphatic heterocycles. The van der Waals surface area contributed by atoms with Crippen molar-refractivity contribution in [3.05, 3.63) is 51.7 Å². The minimum Gasteiger partial charge on any atom is -0.373 e. The van der Waals surface area contributed by atoms with Gasteiger partial charge in [-0.1, -0.05) is 29.3 Å². The lowest BCUT2D eigenvalue weighted by molar-refractivity contribution is -0.160. The summed E-state index contributed by atoms with van der Waals surface area (Å²) in [6.07, 6.45) is -0.458. The Balaban J connectivity index is 1.38. The van der Waals surface area contributed by atoms with Gasteiger partial charge in [-0.2, -0.15) is 18.3 Å². The smallest absolute Gasteiger partial charge is 0.373 e. The first kappa shape index (κ1) is 26.7. The van der Waals surface area contributed by atoms with Gasteiger partial charge in [0.25, 0.3) is 5.91 Å². The minimum absolute atomic E-state index is 0.00565. The summed E-state index contributed by atoms with van der Waals surface area (Å²) in [5, 5.41) is 13.8. The van der Waals surface area contributed by atoms with Crippen molar-refractivity contribution in [3.8, 4) is 0 Å². The van der Waals surface area contributed by atoms with E-state index in [0.29, 0.717) is 35.6 Å². The monoisotopic (exact) mass is 569 g/mol. The average Bonchev–Trinajstić information content (AvgIpc) is 3.44. The van der Waals surface area contributed by atoms with E-state index in [2.05, 4.69) is 30.7 Å². The molecule has 38 heavy (non-hydrogen) atoms. The third-order valence-corrected chi connectivity index (χ3v) is 7.73. The number of hydrogen-bond donors (Lipinski definition) is 3. The molecule has 1 aliphatic carbocycles. The van der Waals surface area contributed by atoms with Gasteiger partial charge in [-0.25, -0.2) is 4.98 Å². The lowest BCUT2D eigenvalue weighted by Crippen LogP contribution is -2.57. The predicted octanol–water partition coefficient (Wildman–Crippen LogP) is 5.80. The number of fused-ring (bicyclic) bond motifs is 1. The van der Waals surface area contributed by atoms with Crippen molar-refractivity contribution in [1.82, 2.24) is 30.0 Å². The van der Waals surface area contributed by atoms with Gasteiger partial charge >= 0.3 is 6.18 Å². The number of halogens is 5. The Morgan fingerprint density at radius 2 is 2.00 bits per heavy atom. The fraction of sp³-hybridized carbons (Fsp3) is 0.480. The van der Waals surface area contributed by atoms with Gasteiger partial charge < -0.3 is 20.1 Å². The van der Waals surface area contributed by atoms with Gasteiger partial charge in [-0.05, 0) is 57.5 Å². The number of benzene rings is 1. The molecule has 3 N–H and O–H groups in total. The summed E-state index contributed by atoms with van der Waals surface area (Å²) in [6, 6.07) is 2.81. The second-order valence-corrected chi connectivity index (χ2v) is 10.9. The number of imidazole rings is 1. The molecule has 3 heterocycles. The number of carbonyl (C=O) groups is 1. The third-order valence-electron chi connectivity index (χ3n) is 7.15. The number of rotatable bonds is 8. The number of aromatic nitrogens is 4. The van der Waals surface area contributed by atoms with Gasteiger partial charge in [0.1, 0.15) is 11.5 Å². The molecule has 3 aromatic rings. The van der Waals surface area contributed by atoms with Crippen molar-refractivity contribution < 1.29 is 18.0 Å². The number of likely N-dealkylation sites (tertiary alicyclic amines) is 1. The molecule has 0 spiro atoms. The summed E-state index contributed by atoms with van der Waals surface area (Å²) in [4.78, 5) is 19.6. The maximum Gasteiger partial charge on any atom is 0.398 e. The van der Waals surface area contributed by atoms with Crippen LogP contribution in [0.4, 0.5) is 19.0 Å². The zero-order valence-corrected chi connectivity index (χ0v) is 22.6. The molecule has 2 aromatic heterocycles. The molecule has 0 unspecified atom stereocenters. The van der Waals surface area contributed by atoms with Gasteiger partial charge in [0.15, 0.2) is 11.0 Å². The molecule has 13 heteroatoms. The molecule has 204 valence electrons. The summed E-state index contributed by atoms with van der Waals surface area (Å²) in [7, 11) is 0. The van der Waals surface area contributed by atoms with Crippen molar-refractivity contribution in [2.75, 3.05) is 18.4 Å². The molecule has 2 aliphatic rings. The Bertz CT molecular complexity index is 1400. The number of alkyl halides is 3. The maximum absolute atomic E-state index is 13.8. The molecular formula is C25H28Cl2F3N7O. The molecule has 5 rings (SSSR count). The van der Waals surface area contributed by atoms with E-state index < -0.39 is 11.6 Å². The van der Waals surface area contributed by atoms with E-state index in [1.54, 1.807) is 4.57 Å². The quantitative estimate of drug-likeness (QED) is 0.319. The fourth-order valence-electron chi connectivity index (χ4n) is 5.06. The Hall–Kier alpha value is -2.92. The molecule has 0 radical (unpaired) electrons. The normalized spacial score (nSPS) is 17.4. The van der Waals surface area contributed by atoms with Gasteiger partial charge in [0, 0.05) is 29.5 Å². The molecule has 1 aromatic carbocycles. The molecule has 1 amide bonds. The summed E-state index contributed by atoms with van der Waals surface area (Å²) < 4.78 is 43.1. The number of H-pyrrole nitrogens is 1. The number of amides is 1. The van der Waals surface area contributed by atoms with Crippen LogP contribution >= 0.6 is 23.2 Å². The summed E-state index contributed by atoms with van der Waals surface area (Å²) in [5.41, 5.74) is -1.08. The Labute approximate surface area is 227 Å². The first-order chi connectivity index (χ1) is 17.9. The van der Waals surface area contributed by atoms with Crippen LogP contribution in [0, 0.1) is 0 Å². The maximum atomic E-state index is 13.8. The highest BCUT2D eigenvalue weighted by Crippen LogP contribution is 2.60. The van der Waals surface area contributed by atoms with Crippen molar-refractivity contribution >= 4 is 45.8 Å². The largest absolute Gasteiger partial charge is 0.398 e. The van der Waals surface area contributed by atoms with Crippen LogP contribution in [-0.4, -0.2) is 55.9 Å². The highest BCUT2D eigenvalue weighted by atomic mass is 35.5. The highest BCUT2D eigenvalue weighted by molar-refractivity contribution is 6.33. The summed E-state index contributed by atoms with van der Waals surface area (Å²) in [6.45, 7) is 7.34. The van der Waals surface area contributed by atoms with Crippen LogP contribution in [-0.2, 0) is 12.0 Å². The van der Waals surface area contributed by atoms with Gasteiger partial charge in [-0.3, -0.25) is 9.89 Å². The predicted molar refractivity (Wildman–Crippen MR) is 141 cm³/mol. The van der Waals surface area contributed by atoms with E-state index >= 15 is 0 Å². The van der Waals surface area contributed by atoms with Crippen LogP contribution in [0.5, 0.6) is 0 Å². The van der Waals surface area contributed by atoms with E-state index in [1.165, 1.54) is 12.1 Å². The topological polar surface area (TPSA) is 90.9 Å². The summed E-state index contributed by atoms with van der Waals surface area (Å²) >= 11 is 12.7. The minimum atomic E-state index is -4.39. The Kier molecular flexibility index (Phi) is 6.79. The van der Waals surface area contributed by atoms with Crippen LogP contribution in [0.3, 0.4) is 0 Å². The number of hydrogen-bond acceptors (Lipinski definition) is 5. The first-order valence-electron chi connectivity index (χ1n) is 12.4. The molecule has 0 bridgehead atoms. The standard InChI is InChI=1S/C25H28Cl2F3N7O/c1-4-7-36-11-14(12-36)32-23(38)20-21(27)33-19(37(20)13(2)3)10-31-22-15-8-16(17(26)9-18(15)34-35-22)24(5-6-24)25(28,29)30/h4,7-9,13-14H,5-6,10-12H2,1-3H3,(H,32,38)(H2,31,34,35). The van der Waals surface area contributed by atoms with Crippen LogP contribution in [0.1, 0.15) is 61.5 Å². The third kappa shape index (κ3) is 4.59. The van der Waals surface area contributed by atoms with Crippen molar-refractivity contribution in [2.45, 2.75) is 63.8 Å². The van der Waals surface area contributed by atoms with Crippen molar-refractivity contribution in [2.24, 2.45) is 0 Å². The molecule has 1 saturated carbocycles. The zero-order chi connectivity index (χ0) is 27.4. The van der Waals surface area contributed by atoms with E-state index in [1.807, 2.05) is 33.0 Å². The molecular weight excluding hydrogens is 542 g/mol. The van der Waals surface area contributed by atoms with Gasteiger partial charge in [0.2, 0.25) is 0 Å². The number of carbonyl (C=O) groups excluding carboxylic acids is 1. The lowest BCUT2D eigenvalue weighted by atomic mass is 9.94. The molecule has 8 nitrogen and oxygen atoms in total. The Morgan fingerprint density at radius 1 is 1.29 bits per heavy atom. The number of nitrogens with zero attached hydrogens (tertiary/aromatic N) is 4. The fourth-order valence-corrected chi connectivity index (χ4v) is 5.67. The highest BCUT2D eigenvalue weighted by Gasteiger charge is 2.65. The van der Waals surface area contributed by atoms with Gasteiger partial charge in [0.05, 0.1) is 23.5 Å². The lowest BCUT2D eigenvalue weighted by Gasteiger charge is -2.38. The average molecular weight is 570 g/mol. The van der Waals surface area contributed by atoms with E-state index in [0.717, 1.165) is 0 Å². The SMILES string of the molecule is CC=CN1CC(NC(=O)c2c(Cl)nc(CNc3n[nH]c4cc(Cl)c(C5(C(F)(F)F)CC5)cc34)n2C(C)C)C1. The van der Waals surface area contributed by atoms with Crippen LogP contribution in [0.15, 0.2) is 24.4 Å². The number of nitrogens with one attached hydrogen (secondary N) is 3. The number of aromatic amines is 1. The van der Waals surface area contributed by atoms with E-state index in [-0.39, 0.29) is 58.8 Å². The second kappa shape index (κ2) is 9.68. The van der Waals surface area contributed by atoms with Crippen LogP contribution in [0.25, 0.3) is 10.9 Å². The van der Waals surface area contributed by atoms with E-state index in [4.69, 9.17) is 23.2 Å². The zero-order valence-electron chi connectivity index (χ0n) is 21.1. The number of anilines is 1. The van der Waals surface area contributed by atoms with Crippen molar-refractivity contribution in [1.29, 1.82) is 0 Å². The van der Waals surface area contributed by atoms with Gasteiger partial charge in [-0.15, -0.1) is 0 Å². The van der Waals surface area contributed by atoms with E-state index in [9.17, 15) is 18.0 Å². The van der Waals surface area contributed by atoms with Crippen LogP contribution < -0.4 is 10.6 Å². The Morgan fingerprint density at radius 3 is 2.61 bits per heavy atom. The first-order valence-corrected chi connectivity index (χ1v) is 13.1. The molecule has 1 saturated heterocycles. The second-order valence-electron chi connectivity index (χ2n) is 10.1. The summed E-state index contributed by atoms with van der Waals surface area (Å²) in [5.74, 6) is 0.549. The van der Waals surface area contributed by atoms with Crippen molar-refractivity contribution in [3.63, 3.8) is 0 Å². The van der Waals surface area contributed by atoms with Crippen LogP contribution in [0.2, 0.25) is 10.2 Å². The molecule has 2 fully saturated rings. The molecule has 0 atom stereocenters.